The van der Waals surface area contributed by atoms with Crippen LogP contribution in [0.15, 0.2) is 18.3 Å². The highest BCUT2D eigenvalue weighted by atomic mass is 15.2. The third-order valence-corrected chi connectivity index (χ3v) is 5.20. The summed E-state index contributed by atoms with van der Waals surface area (Å²) in [5.74, 6) is 1.12. The molecule has 0 radical (unpaired) electrons. The van der Waals surface area contributed by atoms with Crippen molar-refractivity contribution >= 4 is 5.82 Å². The molecule has 1 N–H and O–H groups in total. The minimum atomic E-state index is 0.531. The van der Waals surface area contributed by atoms with Crippen molar-refractivity contribution in [2.75, 3.05) is 11.9 Å². The Morgan fingerprint density at radius 1 is 1.19 bits per heavy atom. The second-order valence-electron chi connectivity index (χ2n) is 7.69. The zero-order valence-electron chi connectivity index (χ0n) is 13.7. The van der Waals surface area contributed by atoms with Gasteiger partial charge >= 0.3 is 0 Å². The van der Waals surface area contributed by atoms with E-state index in [0.29, 0.717) is 11.5 Å². The molecule has 0 unspecified atom stereocenters. The van der Waals surface area contributed by atoms with Gasteiger partial charge in [0, 0.05) is 31.9 Å². The van der Waals surface area contributed by atoms with E-state index < -0.39 is 0 Å². The van der Waals surface area contributed by atoms with Crippen LogP contribution in [0.2, 0.25) is 0 Å². The molecule has 0 aliphatic heterocycles. The first-order chi connectivity index (χ1) is 10.0. The summed E-state index contributed by atoms with van der Waals surface area (Å²) in [5, 5.41) is 3.54. The average Bonchev–Trinajstić information content (AvgIpc) is 3.29. The fourth-order valence-electron chi connectivity index (χ4n) is 3.24. The van der Waals surface area contributed by atoms with Crippen molar-refractivity contribution in [3.63, 3.8) is 0 Å². The van der Waals surface area contributed by atoms with Crippen LogP contribution in [0.3, 0.4) is 0 Å². The first-order valence-corrected chi connectivity index (χ1v) is 8.45. The lowest BCUT2D eigenvalue weighted by Crippen LogP contribution is -2.37. The van der Waals surface area contributed by atoms with Crippen molar-refractivity contribution in [2.24, 2.45) is 5.41 Å². The lowest BCUT2D eigenvalue weighted by atomic mass is 9.75. The van der Waals surface area contributed by atoms with Gasteiger partial charge in [-0.2, -0.15) is 0 Å². The zero-order chi connectivity index (χ0) is 14.9. The predicted molar refractivity (Wildman–Crippen MR) is 88.5 cm³/mol. The fourth-order valence-corrected chi connectivity index (χ4v) is 3.24. The Balaban J connectivity index is 1.55. The fraction of sp³-hybridized carbons (Fsp3) is 0.722. The molecule has 0 atom stereocenters. The molecule has 2 saturated carbocycles. The van der Waals surface area contributed by atoms with Crippen LogP contribution < -0.4 is 10.2 Å². The van der Waals surface area contributed by atoms with Gasteiger partial charge in [0.2, 0.25) is 0 Å². The monoisotopic (exact) mass is 287 g/mol. The summed E-state index contributed by atoms with van der Waals surface area (Å²) in [6.45, 7) is 5.74. The molecule has 0 spiro atoms. The van der Waals surface area contributed by atoms with E-state index in [9.17, 15) is 0 Å². The standard InChI is InChI=1S/C18H29N3/c1-18(2)10-8-16(9-11-18)21(3)17-7-4-14(13-20-17)12-19-15-5-6-15/h4,7,13,15-16,19H,5-6,8-12H2,1-3H3. The number of anilines is 1. The molecule has 116 valence electrons. The second kappa shape index (κ2) is 5.96. The zero-order valence-corrected chi connectivity index (χ0v) is 13.7. The quantitative estimate of drug-likeness (QED) is 0.894. The van der Waals surface area contributed by atoms with Gasteiger partial charge in [-0.3, -0.25) is 0 Å². The molecule has 1 aromatic rings. The van der Waals surface area contributed by atoms with E-state index in [4.69, 9.17) is 0 Å². The first kappa shape index (κ1) is 14.8. The molecule has 3 heteroatoms. The van der Waals surface area contributed by atoms with Gasteiger partial charge in [-0.25, -0.2) is 4.98 Å². The van der Waals surface area contributed by atoms with E-state index in [1.54, 1.807) is 0 Å². The van der Waals surface area contributed by atoms with Crippen LogP contribution in [0, 0.1) is 5.41 Å². The van der Waals surface area contributed by atoms with Gasteiger partial charge < -0.3 is 10.2 Å². The molecule has 0 saturated heterocycles. The molecule has 2 aliphatic rings. The maximum atomic E-state index is 4.67. The number of rotatable bonds is 5. The smallest absolute Gasteiger partial charge is 0.128 e. The summed E-state index contributed by atoms with van der Waals surface area (Å²) < 4.78 is 0. The van der Waals surface area contributed by atoms with E-state index in [1.807, 2.05) is 6.20 Å². The minimum absolute atomic E-state index is 0.531. The van der Waals surface area contributed by atoms with Gasteiger partial charge in [-0.1, -0.05) is 19.9 Å². The topological polar surface area (TPSA) is 28.2 Å². The number of hydrogen-bond acceptors (Lipinski definition) is 3. The number of hydrogen-bond donors (Lipinski definition) is 1. The third kappa shape index (κ3) is 3.97. The number of nitrogens with one attached hydrogen (secondary N) is 1. The van der Waals surface area contributed by atoms with Crippen molar-refractivity contribution in [1.29, 1.82) is 0 Å². The van der Waals surface area contributed by atoms with E-state index in [2.05, 4.69) is 48.2 Å². The van der Waals surface area contributed by atoms with Gasteiger partial charge in [0.1, 0.15) is 5.82 Å². The van der Waals surface area contributed by atoms with Gasteiger partial charge in [0.15, 0.2) is 0 Å². The minimum Gasteiger partial charge on any atom is -0.357 e. The van der Waals surface area contributed by atoms with Crippen molar-refractivity contribution < 1.29 is 0 Å². The van der Waals surface area contributed by atoms with Gasteiger partial charge in [-0.05, 0) is 55.6 Å². The first-order valence-electron chi connectivity index (χ1n) is 8.45. The van der Waals surface area contributed by atoms with Gasteiger partial charge in [0.25, 0.3) is 0 Å². The van der Waals surface area contributed by atoms with Crippen LogP contribution >= 0.6 is 0 Å². The summed E-state index contributed by atoms with van der Waals surface area (Å²) in [6, 6.07) is 5.82. The maximum Gasteiger partial charge on any atom is 0.128 e. The highest BCUT2D eigenvalue weighted by molar-refractivity contribution is 5.39. The Morgan fingerprint density at radius 3 is 2.48 bits per heavy atom. The van der Waals surface area contributed by atoms with Gasteiger partial charge in [0.05, 0.1) is 0 Å². The Labute approximate surface area is 129 Å². The van der Waals surface area contributed by atoms with Crippen molar-refractivity contribution in [2.45, 2.75) is 71.0 Å². The summed E-state index contributed by atoms with van der Waals surface area (Å²) in [6.07, 6.45) is 9.94. The largest absolute Gasteiger partial charge is 0.357 e. The molecule has 1 heterocycles. The highest BCUT2D eigenvalue weighted by Crippen LogP contribution is 2.37. The van der Waals surface area contributed by atoms with Gasteiger partial charge in [-0.15, -0.1) is 0 Å². The molecule has 2 aliphatic carbocycles. The molecule has 21 heavy (non-hydrogen) atoms. The van der Waals surface area contributed by atoms with Crippen molar-refractivity contribution in [3.05, 3.63) is 23.9 Å². The van der Waals surface area contributed by atoms with E-state index in [0.717, 1.165) is 18.4 Å². The summed E-state index contributed by atoms with van der Waals surface area (Å²) in [5.41, 5.74) is 1.83. The lowest BCUT2D eigenvalue weighted by molar-refractivity contribution is 0.222. The number of nitrogens with zero attached hydrogens (tertiary/aromatic N) is 2. The molecular weight excluding hydrogens is 258 g/mol. The molecule has 3 nitrogen and oxygen atoms in total. The van der Waals surface area contributed by atoms with Crippen molar-refractivity contribution in [1.82, 2.24) is 10.3 Å². The molecule has 1 aromatic heterocycles. The number of pyridine rings is 1. The third-order valence-electron chi connectivity index (χ3n) is 5.20. The Bertz CT molecular complexity index is 452. The van der Waals surface area contributed by atoms with Crippen LogP contribution in [0.1, 0.15) is 57.9 Å². The Kier molecular flexibility index (Phi) is 4.21. The van der Waals surface area contributed by atoms with Crippen LogP contribution in [0.4, 0.5) is 5.82 Å². The van der Waals surface area contributed by atoms with Crippen LogP contribution in [-0.2, 0) is 6.54 Å². The predicted octanol–water partition coefficient (Wildman–Crippen LogP) is 3.74. The lowest BCUT2D eigenvalue weighted by Gasteiger charge is -2.39. The Hall–Kier alpha value is -1.09. The molecule has 0 bridgehead atoms. The maximum absolute atomic E-state index is 4.67. The highest BCUT2D eigenvalue weighted by Gasteiger charge is 2.29. The SMILES string of the molecule is CN(c1ccc(CNC2CC2)cn1)C1CCC(C)(C)CC1. The summed E-state index contributed by atoms with van der Waals surface area (Å²) >= 11 is 0. The number of aromatic nitrogens is 1. The normalized spacial score (nSPS) is 22.2. The molecule has 0 amide bonds. The van der Waals surface area contributed by atoms with Crippen LogP contribution in [0.25, 0.3) is 0 Å². The molecular formula is C18H29N3. The summed E-state index contributed by atoms with van der Waals surface area (Å²) in [7, 11) is 2.20. The van der Waals surface area contributed by atoms with E-state index in [1.165, 1.54) is 44.1 Å². The van der Waals surface area contributed by atoms with Crippen LogP contribution in [-0.4, -0.2) is 24.1 Å². The molecule has 2 fully saturated rings. The summed E-state index contributed by atoms with van der Waals surface area (Å²) in [4.78, 5) is 7.06. The van der Waals surface area contributed by atoms with E-state index in [-0.39, 0.29) is 0 Å². The Morgan fingerprint density at radius 2 is 1.90 bits per heavy atom. The van der Waals surface area contributed by atoms with E-state index >= 15 is 0 Å². The van der Waals surface area contributed by atoms with Crippen LogP contribution in [0.5, 0.6) is 0 Å². The second-order valence-corrected chi connectivity index (χ2v) is 7.69. The van der Waals surface area contributed by atoms with Crippen molar-refractivity contribution in [3.8, 4) is 0 Å². The average molecular weight is 287 g/mol. The molecule has 3 rings (SSSR count). The molecule has 0 aromatic carbocycles.